The summed E-state index contributed by atoms with van der Waals surface area (Å²) in [5.74, 6) is -0.161. The summed E-state index contributed by atoms with van der Waals surface area (Å²) < 4.78 is 0. The lowest BCUT2D eigenvalue weighted by Gasteiger charge is -2.20. The molecule has 3 amide bonds. The fraction of sp³-hybridized carbons (Fsp3) is 0.333. The number of carbonyl (C=O) groups excluding carboxylic acids is 2. The average molecular weight is 346 g/mol. The Balaban J connectivity index is 2.52. The SMILES string of the molecule is CCCN1C(=O)NCc2cccc(P(P)PP)c2C1=O. The van der Waals surface area contributed by atoms with Gasteiger partial charge in [0, 0.05) is 13.1 Å². The highest BCUT2D eigenvalue weighted by molar-refractivity contribution is 8.63. The van der Waals surface area contributed by atoms with Gasteiger partial charge in [0.05, 0.1) is 5.56 Å². The maximum atomic E-state index is 12.7. The largest absolute Gasteiger partial charge is 0.334 e. The molecule has 0 saturated heterocycles. The number of nitrogens with one attached hydrogen (secondary N) is 1. The predicted molar refractivity (Wildman–Crippen MR) is 94.3 cm³/mol. The minimum absolute atomic E-state index is 0.161. The molecule has 2 rings (SSSR count). The van der Waals surface area contributed by atoms with Crippen molar-refractivity contribution in [1.29, 1.82) is 0 Å². The Morgan fingerprint density at radius 1 is 1.45 bits per heavy atom. The van der Waals surface area contributed by atoms with Crippen LogP contribution in [0.2, 0.25) is 0 Å². The first-order chi connectivity index (χ1) is 9.60. The number of urea groups is 1. The van der Waals surface area contributed by atoms with Crippen molar-refractivity contribution in [3.63, 3.8) is 0 Å². The van der Waals surface area contributed by atoms with E-state index in [0.29, 0.717) is 21.0 Å². The van der Waals surface area contributed by atoms with Crippen LogP contribution in [0.1, 0.15) is 29.3 Å². The molecule has 108 valence electrons. The highest BCUT2D eigenvalue weighted by atomic mass is 32.6. The standard InChI is InChI=1S/C12H18N2O2P4/c1-2-6-14-11(15)10-8(7-13-12(14)16)4-3-5-9(10)20(18)19-17/h3-5,19H,2,6-7,17-18H2,1H3,(H,13,16). The van der Waals surface area contributed by atoms with Gasteiger partial charge in [-0.15, -0.1) is 17.9 Å². The second-order valence-corrected chi connectivity index (χ2v) is 13.5. The fourth-order valence-electron chi connectivity index (χ4n) is 2.17. The molecule has 0 radical (unpaired) electrons. The van der Waals surface area contributed by atoms with Crippen LogP contribution < -0.4 is 10.6 Å². The number of imide groups is 1. The topological polar surface area (TPSA) is 49.4 Å². The van der Waals surface area contributed by atoms with Gasteiger partial charge in [0.1, 0.15) is 0 Å². The number of amides is 3. The quantitative estimate of drug-likeness (QED) is 0.852. The first-order valence-electron chi connectivity index (χ1n) is 6.32. The zero-order valence-electron chi connectivity index (χ0n) is 11.2. The van der Waals surface area contributed by atoms with E-state index in [4.69, 9.17) is 0 Å². The summed E-state index contributed by atoms with van der Waals surface area (Å²) in [7, 11) is 5.81. The number of carbonyl (C=O) groups is 2. The number of benzene rings is 1. The summed E-state index contributed by atoms with van der Waals surface area (Å²) in [5, 5.41) is 3.88. The summed E-state index contributed by atoms with van der Waals surface area (Å²) in [6.07, 6.45) is 0.762. The Morgan fingerprint density at radius 2 is 2.20 bits per heavy atom. The molecule has 0 saturated carbocycles. The Hall–Kier alpha value is -0.120. The van der Waals surface area contributed by atoms with Gasteiger partial charge in [-0.25, -0.2) is 4.79 Å². The number of rotatable bonds is 4. The van der Waals surface area contributed by atoms with Crippen molar-refractivity contribution in [3.05, 3.63) is 29.3 Å². The van der Waals surface area contributed by atoms with E-state index in [1.807, 2.05) is 25.1 Å². The van der Waals surface area contributed by atoms with Crippen molar-refractivity contribution in [2.24, 2.45) is 0 Å². The molecule has 4 unspecified atom stereocenters. The van der Waals surface area contributed by atoms with Crippen LogP contribution in [0.15, 0.2) is 18.2 Å². The molecule has 0 aromatic heterocycles. The van der Waals surface area contributed by atoms with E-state index in [1.165, 1.54) is 4.90 Å². The van der Waals surface area contributed by atoms with E-state index in [1.54, 1.807) is 0 Å². The molecule has 1 aliphatic rings. The Bertz CT molecular complexity index is 538. The van der Waals surface area contributed by atoms with Gasteiger partial charge in [0.15, 0.2) is 0 Å². The molecular formula is C12H18N2O2P4. The zero-order chi connectivity index (χ0) is 14.7. The van der Waals surface area contributed by atoms with Gasteiger partial charge in [-0.2, -0.15) is 0 Å². The third-order valence-corrected chi connectivity index (χ3v) is 13.2. The Labute approximate surface area is 126 Å². The van der Waals surface area contributed by atoms with Gasteiger partial charge in [-0.3, -0.25) is 9.69 Å². The van der Waals surface area contributed by atoms with Crippen molar-refractivity contribution in [1.82, 2.24) is 10.2 Å². The molecule has 8 heteroatoms. The molecule has 0 aliphatic carbocycles. The van der Waals surface area contributed by atoms with Crippen LogP contribution in [-0.2, 0) is 6.54 Å². The fourth-order valence-corrected chi connectivity index (χ4v) is 5.91. The minimum atomic E-state index is -0.448. The van der Waals surface area contributed by atoms with Gasteiger partial charge < -0.3 is 5.32 Å². The highest BCUT2D eigenvalue weighted by Gasteiger charge is 2.30. The minimum Gasteiger partial charge on any atom is -0.334 e. The Kier molecular flexibility index (Phi) is 5.88. The van der Waals surface area contributed by atoms with E-state index in [9.17, 15) is 9.59 Å². The summed E-state index contributed by atoms with van der Waals surface area (Å²) in [6, 6.07) is 5.60. The lowest BCUT2D eigenvalue weighted by Crippen LogP contribution is -2.42. The molecule has 1 heterocycles. The first-order valence-corrected chi connectivity index (χ1v) is 12.9. The molecule has 1 aromatic rings. The number of nitrogens with zero attached hydrogens (tertiary/aromatic N) is 1. The van der Waals surface area contributed by atoms with Crippen molar-refractivity contribution >= 4 is 50.4 Å². The van der Waals surface area contributed by atoms with Crippen LogP contribution in [-0.4, -0.2) is 23.4 Å². The molecule has 1 N–H and O–H groups in total. The second-order valence-electron chi connectivity index (χ2n) is 4.43. The second kappa shape index (κ2) is 7.24. The van der Waals surface area contributed by atoms with Crippen LogP contribution in [0.3, 0.4) is 0 Å². The molecule has 1 aliphatic heterocycles. The summed E-state index contributed by atoms with van der Waals surface area (Å²) >= 11 is 0. The molecular weight excluding hydrogens is 328 g/mol. The summed E-state index contributed by atoms with van der Waals surface area (Å²) in [6.45, 7) is 2.84. The molecule has 0 bridgehead atoms. The van der Waals surface area contributed by atoms with E-state index in [2.05, 4.69) is 23.2 Å². The van der Waals surface area contributed by atoms with Crippen LogP contribution in [0, 0.1) is 0 Å². The van der Waals surface area contributed by atoms with E-state index < -0.39 is 7.30 Å². The lowest BCUT2D eigenvalue weighted by atomic mass is 10.1. The lowest BCUT2D eigenvalue weighted by molar-refractivity contribution is 0.0807. The van der Waals surface area contributed by atoms with Gasteiger partial charge in [0.2, 0.25) is 0 Å². The molecule has 4 nitrogen and oxygen atoms in total. The van der Waals surface area contributed by atoms with E-state index >= 15 is 0 Å². The van der Waals surface area contributed by atoms with Gasteiger partial charge in [-0.1, -0.05) is 33.1 Å². The maximum absolute atomic E-state index is 12.7. The molecule has 1 aromatic carbocycles. The zero-order valence-corrected chi connectivity index (χ0v) is 15.4. The summed E-state index contributed by atoms with van der Waals surface area (Å²) in [4.78, 5) is 26.1. The van der Waals surface area contributed by atoms with Crippen molar-refractivity contribution < 1.29 is 9.59 Å². The normalized spacial score (nSPS) is 17.1. The van der Waals surface area contributed by atoms with E-state index in [-0.39, 0.29) is 11.9 Å². The number of fused-ring (bicyclic) bond motifs is 1. The third kappa shape index (κ3) is 3.20. The molecule has 4 atom stereocenters. The van der Waals surface area contributed by atoms with Crippen LogP contribution >= 0.6 is 33.1 Å². The van der Waals surface area contributed by atoms with E-state index in [0.717, 1.165) is 22.9 Å². The highest BCUT2D eigenvalue weighted by Crippen LogP contribution is 2.65. The monoisotopic (exact) mass is 346 g/mol. The third-order valence-electron chi connectivity index (χ3n) is 3.11. The first kappa shape index (κ1) is 16.3. The number of hydrogen-bond acceptors (Lipinski definition) is 2. The molecule has 0 fully saturated rings. The number of hydrogen-bond donors (Lipinski definition) is 1. The van der Waals surface area contributed by atoms with Crippen molar-refractivity contribution in [2.75, 3.05) is 6.54 Å². The molecule has 0 spiro atoms. The Morgan fingerprint density at radius 3 is 2.85 bits per heavy atom. The summed E-state index contributed by atoms with van der Waals surface area (Å²) in [5.41, 5.74) is 1.63. The van der Waals surface area contributed by atoms with Gasteiger partial charge in [0.25, 0.3) is 5.91 Å². The van der Waals surface area contributed by atoms with Crippen LogP contribution in [0.25, 0.3) is 0 Å². The van der Waals surface area contributed by atoms with Crippen LogP contribution in [0.4, 0.5) is 4.79 Å². The van der Waals surface area contributed by atoms with Gasteiger partial charge in [-0.05, 0) is 24.6 Å². The predicted octanol–water partition coefficient (Wildman–Crippen LogP) is 3.04. The maximum Gasteiger partial charge on any atom is 0.324 e. The molecule has 20 heavy (non-hydrogen) atoms. The average Bonchev–Trinajstić information content (AvgIpc) is 2.58. The van der Waals surface area contributed by atoms with Crippen LogP contribution in [0.5, 0.6) is 0 Å². The van der Waals surface area contributed by atoms with Gasteiger partial charge >= 0.3 is 6.03 Å². The smallest absolute Gasteiger partial charge is 0.324 e. The van der Waals surface area contributed by atoms with Crippen molar-refractivity contribution in [3.8, 4) is 0 Å². The van der Waals surface area contributed by atoms with Crippen molar-refractivity contribution in [2.45, 2.75) is 19.9 Å².